The number of rotatable bonds is 3. The van der Waals surface area contributed by atoms with E-state index in [0.29, 0.717) is 24.8 Å². The van der Waals surface area contributed by atoms with E-state index in [0.717, 1.165) is 13.1 Å². The third kappa shape index (κ3) is 3.10. The Hall–Kier alpha value is -0.900. The lowest BCUT2D eigenvalue weighted by Gasteiger charge is -2.39. The first-order valence-electron chi connectivity index (χ1n) is 6.78. The lowest BCUT2D eigenvalue weighted by atomic mass is 10.0. The number of hydrogen-bond acceptors (Lipinski definition) is 3. The molecule has 1 heterocycles. The lowest BCUT2D eigenvalue weighted by Crippen LogP contribution is -2.46. The molecule has 1 fully saturated rings. The fourth-order valence-electron chi connectivity index (χ4n) is 2.72. The van der Waals surface area contributed by atoms with Crippen LogP contribution in [0.5, 0.6) is 0 Å². The molecule has 0 spiro atoms. The molecule has 0 bridgehead atoms. The van der Waals surface area contributed by atoms with Gasteiger partial charge in [0.25, 0.3) is 0 Å². The number of nitrogens with two attached hydrogens (primary N) is 1. The molecular formula is C15H24N2O. The van der Waals surface area contributed by atoms with Crippen molar-refractivity contribution < 1.29 is 4.74 Å². The number of ether oxygens (including phenoxy) is 1. The largest absolute Gasteiger partial charge is 0.373 e. The number of nitrogens with zero attached hydrogens (tertiary/aromatic N) is 1. The van der Waals surface area contributed by atoms with Crippen molar-refractivity contribution in [1.29, 1.82) is 0 Å². The Balaban J connectivity index is 2.11. The van der Waals surface area contributed by atoms with Gasteiger partial charge in [0, 0.05) is 25.7 Å². The van der Waals surface area contributed by atoms with Crippen molar-refractivity contribution >= 4 is 0 Å². The van der Waals surface area contributed by atoms with E-state index in [2.05, 4.69) is 49.9 Å². The van der Waals surface area contributed by atoms with Gasteiger partial charge in [0.1, 0.15) is 0 Å². The first-order chi connectivity index (χ1) is 8.60. The van der Waals surface area contributed by atoms with Crippen molar-refractivity contribution in [3.8, 4) is 0 Å². The Kier molecular flexibility index (Phi) is 4.38. The van der Waals surface area contributed by atoms with Crippen LogP contribution < -0.4 is 5.73 Å². The van der Waals surface area contributed by atoms with Crippen LogP contribution >= 0.6 is 0 Å². The molecule has 3 heteroatoms. The Labute approximate surface area is 110 Å². The molecule has 18 heavy (non-hydrogen) atoms. The predicted octanol–water partition coefficient (Wildman–Crippen LogP) is 2.32. The maximum Gasteiger partial charge on any atom is 0.0678 e. The molecule has 100 valence electrons. The van der Waals surface area contributed by atoms with Crippen LogP contribution in [0.4, 0.5) is 0 Å². The highest BCUT2D eigenvalue weighted by Gasteiger charge is 2.26. The predicted molar refractivity (Wildman–Crippen MR) is 74.3 cm³/mol. The Morgan fingerprint density at radius 1 is 1.33 bits per heavy atom. The van der Waals surface area contributed by atoms with Gasteiger partial charge in [-0.15, -0.1) is 0 Å². The van der Waals surface area contributed by atoms with Crippen molar-refractivity contribution in [3.05, 3.63) is 35.4 Å². The summed E-state index contributed by atoms with van der Waals surface area (Å²) in [6.07, 6.45) is 0.628. The SMILES string of the molecule is CC1CN(C(C)c2cccc(CN)c2)CC(C)O1. The normalized spacial score (nSPS) is 27.1. The van der Waals surface area contributed by atoms with Gasteiger partial charge in [-0.1, -0.05) is 24.3 Å². The van der Waals surface area contributed by atoms with Crippen LogP contribution in [-0.2, 0) is 11.3 Å². The quantitative estimate of drug-likeness (QED) is 0.892. The van der Waals surface area contributed by atoms with Gasteiger partial charge in [-0.3, -0.25) is 4.90 Å². The molecular weight excluding hydrogens is 224 g/mol. The molecule has 1 aliphatic heterocycles. The van der Waals surface area contributed by atoms with E-state index < -0.39 is 0 Å². The van der Waals surface area contributed by atoms with Gasteiger partial charge in [0.2, 0.25) is 0 Å². The maximum atomic E-state index is 5.79. The molecule has 3 nitrogen and oxygen atoms in total. The minimum atomic E-state index is 0.314. The van der Waals surface area contributed by atoms with Crippen LogP contribution in [0.15, 0.2) is 24.3 Å². The fourth-order valence-corrected chi connectivity index (χ4v) is 2.72. The van der Waals surface area contributed by atoms with Gasteiger partial charge in [0.15, 0.2) is 0 Å². The first kappa shape index (κ1) is 13.5. The highest BCUT2D eigenvalue weighted by Crippen LogP contribution is 2.24. The summed E-state index contributed by atoms with van der Waals surface area (Å²) in [6.45, 7) is 9.16. The Morgan fingerprint density at radius 3 is 2.61 bits per heavy atom. The number of benzene rings is 1. The van der Waals surface area contributed by atoms with Crippen LogP contribution in [0.1, 0.15) is 37.9 Å². The summed E-state index contributed by atoms with van der Waals surface area (Å²) in [7, 11) is 0. The lowest BCUT2D eigenvalue weighted by molar-refractivity contribution is -0.0789. The van der Waals surface area contributed by atoms with Crippen molar-refractivity contribution in [3.63, 3.8) is 0 Å². The van der Waals surface area contributed by atoms with E-state index in [1.165, 1.54) is 11.1 Å². The van der Waals surface area contributed by atoms with E-state index in [9.17, 15) is 0 Å². The minimum absolute atomic E-state index is 0.314. The third-order valence-electron chi connectivity index (χ3n) is 3.66. The van der Waals surface area contributed by atoms with Crippen molar-refractivity contribution in [1.82, 2.24) is 4.90 Å². The molecule has 2 rings (SSSR count). The van der Waals surface area contributed by atoms with Gasteiger partial charge >= 0.3 is 0 Å². The van der Waals surface area contributed by atoms with Crippen LogP contribution in [-0.4, -0.2) is 30.2 Å². The number of hydrogen-bond donors (Lipinski definition) is 1. The monoisotopic (exact) mass is 248 g/mol. The van der Waals surface area contributed by atoms with E-state index in [-0.39, 0.29) is 0 Å². The molecule has 3 atom stereocenters. The maximum absolute atomic E-state index is 5.79. The van der Waals surface area contributed by atoms with E-state index in [4.69, 9.17) is 10.5 Å². The zero-order valence-corrected chi connectivity index (χ0v) is 11.6. The molecule has 0 aromatic heterocycles. The molecule has 1 aromatic carbocycles. The Morgan fingerprint density at radius 2 is 2.00 bits per heavy atom. The summed E-state index contributed by atoms with van der Waals surface area (Å²) in [5.41, 5.74) is 8.26. The van der Waals surface area contributed by atoms with Crippen LogP contribution in [0.2, 0.25) is 0 Å². The summed E-state index contributed by atoms with van der Waals surface area (Å²) in [6, 6.07) is 9.01. The number of morpholine rings is 1. The minimum Gasteiger partial charge on any atom is -0.373 e. The van der Waals surface area contributed by atoms with Gasteiger partial charge in [-0.05, 0) is 31.9 Å². The second kappa shape index (κ2) is 5.83. The Bertz CT molecular complexity index is 384. The summed E-state index contributed by atoms with van der Waals surface area (Å²) in [4.78, 5) is 2.49. The smallest absolute Gasteiger partial charge is 0.0678 e. The summed E-state index contributed by atoms with van der Waals surface area (Å²) in [5, 5.41) is 0. The molecule has 0 aliphatic carbocycles. The highest BCUT2D eigenvalue weighted by atomic mass is 16.5. The molecule has 1 saturated heterocycles. The zero-order chi connectivity index (χ0) is 13.1. The first-order valence-corrected chi connectivity index (χ1v) is 6.78. The van der Waals surface area contributed by atoms with Gasteiger partial charge in [0.05, 0.1) is 12.2 Å². The van der Waals surface area contributed by atoms with E-state index >= 15 is 0 Å². The highest BCUT2D eigenvalue weighted by molar-refractivity contribution is 5.25. The van der Waals surface area contributed by atoms with Crippen LogP contribution in [0, 0.1) is 0 Å². The molecule has 1 aromatic rings. The molecule has 2 N–H and O–H groups in total. The van der Waals surface area contributed by atoms with Crippen molar-refractivity contribution in [2.24, 2.45) is 5.73 Å². The van der Waals surface area contributed by atoms with Crippen LogP contribution in [0.25, 0.3) is 0 Å². The standard InChI is InChI=1S/C15H24N2O/c1-11-9-17(10-12(2)18-11)13(3)15-6-4-5-14(7-15)8-16/h4-7,11-13H,8-10,16H2,1-3H3. The molecule has 0 radical (unpaired) electrons. The van der Waals surface area contributed by atoms with Gasteiger partial charge in [-0.2, -0.15) is 0 Å². The van der Waals surface area contributed by atoms with Gasteiger partial charge < -0.3 is 10.5 Å². The molecule has 3 unspecified atom stereocenters. The van der Waals surface area contributed by atoms with Crippen molar-refractivity contribution in [2.45, 2.75) is 45.6 Å². The summed E-state index contributed by atoms with van der Waals surface area (Å²) in [5.74, 6) is 0. The third-order valence-corrected chi connectivity index (χ3v) is 3.66. The fraction of sp³-hybridized carbons (Fsp3) is 0.600. The average molecular weight is 248 g/mol. The molecule has 1 aliphatic rings. The van der Waals surface area contributed by atoms with Crippen LogP contribution in [0.3, 0.4) is 0 Å². The second-order valence-electron chi connectivity index (χ2n) is 5.34. The molecule has 0 saturated carbocycles. The van der Waals surface area contributed by atoms with Gasteiger partial charge in [-0.25, -0.2) is 0 Å². The second-order valence-corrected chi connectivity index (χ2v) is 5.34. The van der Waals surface area contributed by atoms with E-state index in [1.807, 2.05) is 0 Å². The zero-order valence-electron chi connectivity index (χ0n) is 11.6. The van der Waals surface area contributed by atoms with Crippen molar-refractivity contribution in [2.75, 3.05) is 13.1 Å². The topological polar surface area (TPSA) is 38.5 Å². The van der Waals surface area contributed by atoms with E-state index in [1.54, 1.807) is 0 Å². The average Bonchev–Trinajstić information content (AvgIpc) is 2.37. The summed E-state index contributed by atoms with van der Waals surface area (Å²) < 4.78 is 5.79. The summed E-state index contributed by atoms with van der Waals surface area (Å²) >= 11 is 0. The molecule has 0 amide bonds.